The van der Waals surface area contributed by atoms with Crippen LogP contribution in [0.2, 0.25) is 0 Å². The van der Waals surface area contributed by atoms with Gasteiger partial charge < -0.3 is 15.3 Å². The third-order valence-electron chi connectivity index (χ3n) is 5.09. The number of carboxylic acid groups (broad SMARTS) is 3. The molecule has 1 heterocycles. The highest BCUT2D eigenvalue weighted by Crippen LogP contribution is 2.28. The van der Waals surface area contributed by atoms with Crippen LogP contribution in [0.25, 0.3) is 33.3 Å². The molecule has 0 spiro atoms. The predicted molar refractivity (Wildman–Crippen MR) is 119 cm³/mol. The highest BCUT2D eigenvalue weighted by atomic mass is 16.4. The van der Waals surface area contributed by atoms with E-state index in [4.69, 9.17) is 0 Å². The average molecular weight is 441 g/mol. The molecule has 4 rings (SSSR count). The van der Waals surface area contributed by atoms with E-state index in [1.165, 1.54) is 24.3 Å². The van der Waals surface area contributed by atoms with Gasteiger partial charge in [0.1, 0.15) is 6.29 Å². The Balaban J connectivity index is 1.86. The van der Waals surface area contributed by atoms with E-state index in [2.05, 4.69) is 4.98 Å². The Labute approximate surface area is 186 Å². The number of aromatic nitrogens is 1. The Morgan fingerprint density at radius 2 is 1.21 bits per heavy atom. The van der Waals surface area contributed by atoms with Crippen molar-refractivity contribution in [3.8, 4) is 22.4 Å². The maximum Gasteiger partial charge on any atom is 0.335 e. The number of carboxylic acids is 3. The molecule has 3 N–H and O–H groups in total. The summed E-state index contributed by atoms with van der Waals surface area (Å²) in [6.07, 6.45) is 0.572. The molecule has 1 aromatic heterocycles. The number of aromatic carboxylic acids is 3. The molecule has 0 saturated carbocycles. The molecule has 0 aliphatic heterocycles. The summed E-state index contributed by atoms with van der Waals surface area (Å²) in [7, 11) is 0. The summed E-state index contributed by atoms with van der Waals surface area (Å²) in [4.78, 5) is 50.0. The van der Waals surface area contributed by atoms with E-state index in [-0.39, 0.29) is 22.3 Å². The van der Waals surface area contributed by atoms with E-state index in [0.29, 0.717) is 34.2 Å². The van der Waals surface area contributed by atoms with Gasteiger partial charge in [0.15, 0.2) is 0 Å². The first-order valence-electron chi connectivity index (χ1n) is 9.62. The van der Waals surface area contributed by atoms with Gasteiger partial charge in [-0.15, -0.1) is 0 Å². The van der Waals surface area contributed by atoms with Crippen LogP contribution in [0.1, 0.15) is 41.4 Å². The Morgan fingerprint density at radius 3 is 1.82 bits per heavy atom. The van der Waals surface area contributed by atoms with Gasteiger partial charge in [0.05, 0.1) is 27.9 Å². The van der Waals surface area contributed by atoms with Gasteiger partial charge in [-0.3, -0.25) is 4.79 Å². The molecule has 3 aromatic carbocycles. The predicted octanol–water partition coefficient (Wildman–Crippen LogP) is 4.48. The quantitative estimate of drug-likeness (QED) is 0.372. The normalized spacial score (nSPS) is 10.7. The molecule has 4 aromatic rings. The minimum atomic E-state index is -1.26. The van der Waals surface area contributed by atoms with Crippen molar-refractivity contribution < 1.29 is 34.5 Å². The highest BCUT2D eigenvalue weighted by Gasteiger charge is 2.14. The number of hydrogen-bond acceptors (Lipinski definition) is 5. The molecule has 0 amide bonds. The van der Waals surface area contributed by atoms with Gasteiger partial charge in [0.25, 0.3) is 0 Å². The fourth-order valence-corrected chi connectivity index (χ4v) is 3.49. The van der Waals surface area contributed by atoms with Crippen molar-refractivity contribution in [1.82, 2.24) is 4.98 Å². The van der Waals surface area contributed by atoms with E-state index >= 15 is 0 Å². The molecule has 0 bridgehead atoms. The Kier molecular flexibility index (Phi) is 5.41. The maximum absolute atomic E-state index is 11.4. The van der Waals surface area contributed by atoms with Crippen molar-refractivity contribution in [2.45, 2.75) is 0 Å². The lowest BCUT2D eigenvalue weighted by molar-refractivity contribution is 0.0682. The summed E-state index contributed by atoms with van der Waals surface area (Å²) >= 11 is 0. The molecule has 0 aliphatic carbocycles. The number of aldehydes is 1. The summed E-state index contributed by atoms with van der Waals surface area (Å²) in [6, 6.07) is 16.8. The first-order chi connectivity index (χ1) is 15.7. The zero-order valence-electron chi connectivity index (χ0n) is 16.9. The van der Waals surface area contributed by atoms with E-state index in [1.807, 2.05) is 0 Å². The van der Waals surface area contributed by atoms with Gasteiger partial charge in [-0.2, -0.15) is 0 Å². The van der Waals surface area contributed by atoms with E-state index in [9.17, 15) is 34.5 Å². The number of benzene rings is 3. The third kappa shape index (κ3) is 4.31. The fraction of sp³-hybridized carbons (Fsp3) is 0. The van der Waals surface area contributed by atoms with E-state index < -0.39 is 17.9 Å². The molecule has 8 heteroatoms. The number of carbonyl (C=O) groups excluding carboxylic acids is 1. The standard InChI is InChI=1S/C25H15NO7/c27-12-13-5-16(7-18(6-13)23(28)29)15-2-1-14-3-4-21(26-22(14)11-15)17-8-19(24(30)31)10-20(9-17)25(32)33/h1-12H,(H,28,29)(H,30,31)(H,32,33). The van der Waals surface area contributed by atoms with Crippen molar-refractivity contribution in [3.63, 3.8) is 0 Å². The van der Waals surface area contributed by atoms with Crippen LogP contribution in [-0.4, -0.2) is 44.5 Å². The Bertz CT molecular complexity index is 1440. The summed E-state index contributed by atoms with van der Waals surface area (Å²) in [6.45, 7) is 0. The van der Waals surface area contributed by atoms with Crippen molar-refractivity contribution >= 4 is 35.1 Å². The van der Waals surface area contributed by atoms with Crippen LogP contribution < -0.4 is 0 Å². The SMILES string of the molecule is O=Cc1cc(C(=O)O)cc(-c2ccc3ccc(-c4cc(C(=O)O)cc(C(=O)O)c4)nc3c2)c1. The molecule has 0 unspecified atom stereocenters. The minimum absolute atomic E-state index is 0.0249. The molecule has 0 saturated heterocycles. The number of hydrogen-bond donors (Lipinski definition) is 3. The average Bonchev–Trinajstić information content (AvgIpc) is 2.82. The molecule has 8 nitrogen and oxygen atoms in total. The summed E-state index contributed by atoms with van der Waals surface area (Å²) in [5.74, 6) is -3.67. The van der Waals surface area contributed by atoms with Crippen LogP contribution in [0.4, 0.5) is 0 Å². The smallest absolute Gasteiger partial charge is 0.335 e. The van der Waals surface area contributed by atoms with Gasteiger partial charge in [0.2, 0.25) is 0 Å². The van der Waals surface area contributed by atoms with Crippen molar-refractivity contribution in [1.29, 1.82) is 0 Å². The minimum Gasteiger partial charge on any atom is -0.478 e. The lowest BCUT2D eigenvalue weighted by atomic mass is 9.98. The molecule has 0 radical (unpaired) electrons. The maximum atomic E-state index is 11.4. The van der Waals surface area contributed by atoms with Gasteiger partial charge >= 0.3 is 17.9 Å². The first-order valence-corrected chi connectivity index (χ1v) is 9.62. The molecule has 0 fully saturated rings. The van der Waals surface area contributed by atoms with Gasteiger partial charge in [-0.05, 0) is 59.7 Å². The van der Waals surface area contributed by atoms with Crippen LogP contribution in [0, 0.1) is 0 Å². The van der Waals surface area contributed by atoms with Gasteiger partial charge in [0, 0.05) is 16.5 Å². The van der Waals surface area contributed by atoms with E-state index in [1.54, 1.807) is 36.4 Å². The van der Waals surface area contributed by atoms with Gasteiger partial charge in [-0.1, -0.05) is 18.2 Å². The summed E-state index contributed by atoms with van der Waals surface area (Å²) in [5.41, 5.74) is 2.22. The number of carbonyl (C=O) groups is 4. The second kappa shape index (κ2) is 8.35. The van der Waals surface area contributed by atoms with Crippen molar-refractivity contribution in [2.24, 2.45) is 0 Å². The number of nitrogens with zero attached hydrogens (tertiary/aromatic N) is 1. The molecule has 0 atom stereocenters. The molecule has 162 valence electrons. The summed E-state index contributed by atoms with van der Waals surface area (Å²) in [5, 5.41) is 28.7. The van der Waals surface area contributed by atoms with Crippen molar-refractivity contribution in [3.05, 3.63) is 89.0 Å². The largest absolute Gasteiger partial charge is 0.478 e. The van der Waals surface area contributed by atoms with Crippen LogP contribution in [0.3, 0.4) is 0 Å². The number of rotatable bonds is 6. The first kappa shape index (κ1) is 21.4. The monoisotopic (exact) mass is 441 g/mol. The number of fused-ring (bicyclic) bond motifs is 1. The second-order valence-electron chi connectivity index (χ2n) is 7.28. The van der Waals surface area contributed by atoms with E-state index in [0.717, 1.165) is 11.5 Å². The topological polar surface area (TPSA) is 142 Å². The van der Waals surface area contributed by atoms with Gasteiger partial charge in [-0.25, -0.2) is 19.4 Å². The Morgan fingerprint density at radius 1 is 0.636 bits per heavy atom. The highest BCUT2D eigenvalue weighted by molar-refractivity contribution is 5.97. The number of pyridine rings is 1. The Hall–Kier alpha value is -4.85. The lowest BCUT2D eigenvalue weighted by Gasteiger charge is -2.09. The fourth-order valence-electron chi connectivity index (χ4n) is 3.49. The zero-order valence-corrected chi connectivity index (χ0v) is 16.9. The molecular formula is C25H15NO7. The second-order valence-corrected chi connectivity index (χ2v) is 7.28. The van der Waals surface area contributed by atoms with Crippen LogP contribution >= 0.6 is 0 Å². The molecule has 33 heavy (non-hydrogen) atoms. The van der Waals surface area contributed by atoms with Crippen LogP contribution in [0.15, 0.2) is 66.7 Å². The van der Waals surface area contributed by atoms with Crippen LogP contribution in [-0.2, 0) is 0 Å². The van der Waals surface area contributed by atoms with Crippen molar-refractivity contribution in [2.75, 3.05) is 0 Å². The third-order valence-corrected chi connectivity index (χ3v) is 5.09. The molecular weight excluding hydrogens is 426 g/mol. The molecule has 0 aliphatic rings. The lowest BCUT2D eigenvalue weighted by Crippen LogP contribution is -2.03. The zero-order chi connectivity index (χ0) is 23.7. The summed E-state index contributed by atoms with van der Waals surface area (Å²) < 4.78 is 0. The van der Waals surface area contributed by atoms with Crippen LogP contribution in [0.5, 0.6) is 0 Å².